The number of hydrogen-bond donors (Lipinski definition) is 1. The maximum Gasteiger partial charge on any atom is 0.0478 e. The van der Waals surface area contributed by atoms with Crippen LogP contribution >= 0.6 is 0 Å². The lowest BCUT2D eigenvalue weighted by molar-refractivity contribution is 0.128. The molecule has 0 radical (unpaired) electrons. The van der Waals surface area contributed by atoms with E-state index in [4.69, 9.17) is 4.74 Å². The van der Waals surface area contributed by atoms with Crippen LogP contribution in [0.5, 0.6) is 0 Å². The van der Waals surface area contributed by atoms with E-state index in [0.29, 0.717) is 6.04 Å². The molecule has 1 aromatic rings. The summed E-state index contributed by atoms with van der Waals surface area (Å²) in [7, 11) is 0. The van der Waals surface area contributed by atoms with Gasteiger partial charge < -0.3 is 10.1 Å². The van der Waals surface area contributed by atoms with Gasteiger partial charge in [-0.25, -0.2) is 0 Å². The molecular formula is C17H29NO. The molecule has 0 spiro atoms. The van der Waals surface area contributed by atoms with Gasteiger partial charge in [-0.05, 0) is 51.3 Å². The number of nitrogens with one attached hydrogen (secondary N) is 1. The highest BCUT2D eigenvalue weighted by Gasteiger charge is 2.07. The van der Waals surface area contributed by atoms with Crippen molar-refractivity contribution in [2.75, 3.05) is 19.8 Å². The van der Waals surface area contributed by atoms with Gasteiger partial charge in [0.1, 0.15) is 0 Å². The van der Waals surface area contributed by atoms with Crippen molar-refractivity contribution >= 4 is 0 Å². The highest BCUT2D eigenvalue weighted by Crippen LogP contribution is 2.18. The molecule has 0 fully saturated rings. The summed E-state index contributed by atoms with van der Waals surface area (Å²) in [6, 6.07) is 7.07. The molecular weight excluding hydrogens is 234 g/mol. The van der Waals surface area contributed by atoms with Gasteiger partial charge in [0, 0.05) is 19.3 Å². The van der Waals surface area contributed by atoms with E-state index in [9.17, 15) is 0 Å². The summed E-state index contributed by atoms with van der Waals surface area (Å²) < 4.78 is 5.56. The third-order valence-electron chi connectivity index (χ3n) is 3.46. The summed E-state index contributed by atoms with van der Waals surface area (Å²) >= 11 is 0. The molecule has 1 atom stereocenters. The van der Waals surface area contributed by atoms with E-state index in [0.717, 1.165) is 26.2 Å². The van der Waals surface area contributed by atoms with E-state index in [2.05, 4.69) is 51.2 Å². The molecule has 1 N–H and O–H groups in total. The van der Waals surface area contributed by atoms with E-state index in [1.54, 1.807) is 0 Å². The summed E-state index contributed by atoms with van der Waals surface area (Å²) in [5.74, 6) is 0. The lowest BCUT2D eigenvalue weighted by Crippen LogP contribution is -2.21. The van der Waals surface area contributed by atoms with Crippen LogP contribution in [0.25, 0.3) is 0 Å². The van der Waals surface area contributed by atoms with Crippen molar-refractivity contribution in [3.8, 4) is 0 Å². The molecule has 108 valence electrons. The van der Waals surface area contributed by atoms with E-state index in [1.807, 2.05) is 0 Å². The molecule has 2 nitrogen and oxygen atoms in total. The van der Waals surface area contributed by atoms with Crippen molar-refractivity contribution in [2.24, 2.45) is 0 Å². The Bertz CT molecular complexity index is 362. The van der Waals surface area contributed by atoms with Gasteiger partial charge in [-0.1, -0.05) is 37.1 Å². The van der Waals surface area contributed by atoms with E-state index >= 15 is 0 Å². The highest BCUT2D eigenvalue weighted by atomic mass is 16.5. The second-order valence-electron chi connectivity index (χ2n) is 5.36. The molecule has 1 aromatic carbocycles. The summed E-state index contributed by atoms with van der Waals surface area (Å²) in [6.45, 7) is 11.5. The third kappa shape index (κ3) is 6.22. The second kappa shape index (κ2) is 9.11. The fourth-order valence-electron chi connectivity index (χ4n) is 2.18. The molecule has 0 heterocycles. The Balaban J connectivity index is 2.23. The Kier molecular flexibility index (Phi) is 7.76. The van der Waals surface area contributed by atoms with E-state index < -0.39 is 0 Å². The third-order valence-corrected chi connectivity index (χ3v) is 3.46. The Morgan fingerprint density at radius 1 is 1.16 bits per heavy atom. The average Bonchev–Trinajstić information content (AvgIpc) is 2.40. The normalized spacial score (nSPS) is 12.6. The first-order chi connectivity index (χ1) is 9.15. The van der Waals surface area contributed by atoms with Gasteiger partial charge in [0.15, 0.2) is 0 Å². The van der Waals surface area contributed by atoms with Crippen LogP contribution in [0.4, 0.5) is 0 Å². The van der Waals surface area contributed by atoms with Gasteiger partial charge in [0.25, 0.3) is 0 Å². The molecule has 0 bridgehead atoms. The minimum atomic E-state index is 0.413. The Labute approximate surface area is 118 Å². The molecule has 0 amide bonds. The standard InChI is InChI=1S/C17H29NO/c1-5-6-11-19-12-7-10-18-16(4)17-13-14(2)8-9-15(17)3/h8-9,13,16,18H,5-7,10-12H2,1-4H3. The fraction of sp³-hybridized carbons (Fsp3) is 0.647. The van der Waals surface area contributed by atoms with Gasteiger partial charge in [-0.2, -0.15) is 0 Å². The number of ether oxygens (including phenoxy) is 1. The SMILES string of the molecule is CCCCOCCCNC(C)c1cc(C)ccc1C. The molecule has 1 rings (SSSR count). The van der Waals surface area contributed by atoms with Gasteiger partial charge in [-0.3, -0.25) is 0 Å². The molecule has 19 heavy (non-hydrogen) atoms. The second-order valence-corrected chi connectivity index (χ2v) is 5.36. The van der Waals surface area contributed by atoms with Crippen molar-refractivity contribution in [2.45, 2.75) is 53.0 Å². The van der Waals surface area contributed by atoms with Crippen LogP contribution in [0.3, 0.4) is 0 Å². The number of aryl methyl sites for hydroxylation is 2. The minimum absolute atomic E-state index is 0.413. The number of benzene rings is 1. The van der Waals surface area contributed by atoms with E-state index in [-0.39, 0.29) is 0 Å². The van der Waals surface area contributed by atoms with Crippen LogP contribution in [-0.4, -0.2) is 19.8 Å². The first kappa shape index (κ1) is 16.2. The van der Waals surface area contributed by atoms with Gasteiger partial charge in [0.2, 0.25) is 0 Å². The summed E-state index contributed by atoms with van der Waals surface area (Å²) in [5, 5.41) is 3.58. The monoisotopic (exact) mass is 263 g/mol. The summed E-state index contributed by atoms with van der Waals surface area (Å²) in [5.41, 5.74) is 4.11. The topological polar surface area (TPSA) is 21.3 Å². The molecule has 0 saturated carbocycles. The largest absolute Gasteiger partial charge is 0.381 e. The van der Waals surface area contributed by atoms with E-state index in [1.165, 1.54) is 29.5 Å². The quantitative estimate of drug-likeness (QED) is 0.675. The van der Waals surface area contributed by atoms with Crippen LogP contribution in [0.1, 0.15) is 55.8 Å². The zero-order valence-corrected chi connectivity index (χ0v) is 13.0. The first-order valence-corrected chi connectivity index (χ1v) is 7.53. The van der Waals surface area contributed by atoms with Crippen LogP contribution in [-0.2, 0) is 4.74 Å². The minimum Gasteiger partial charge on any atom is -0.381 e. The van der Waals surface area contributed by atoms with Gasteiger partial charge in [-0.15, -0.1) is 0 Å². The van der Waals surface area contributed by atoms with Gasteiger partial charge in [0.05, 0.1) is 0 Å². The van der Waals surface area contributed by atoms with Crippen LogP contribution in [0.2, 0.25) is 0 Å². The molecule has 0 aliphatic heterocycles. The molecule has 0 aromatic heterocycles. The Hall–Kier alpha value is -0.860. The maximum absolute atomic E-state index is 5.56. The summed E-state index contributed by atoms with van der Waals surface area (Å²) in [6.07, 6.45) is 3.47. The predicted molar refractivity (Wildman–Crippen MR) is 82.7 cm³/mol. The average molecular weight is 263 g/mol. The highest BCUT2D eigenvalue weighted by molar-refractivity contribution is 5.32. The molecule has 0 saturated heterocycles. The van der Waals surface area contributed by atoms with Crippen LogP contribution < -0.4 is 5.32 Å². The Morgan fingerprint density at radius 2 is 1.89 bits per heavy atom. The molecule has 0 aliphatic carbocycles. The van der Waals surface area contributed by atoms with Crippen LogP contribution in [0, 0.1) is 13.8 Å². The van der Waals surface area contributed by atoms with Crippen molar-refractivity contribution in [1.82, 2.24) is 5.32 Å². The smallest absolute Gasteiger partial charge is 0.0478 e. The Morgan fingerprint density at radius 3 is 2.63 bits per heavy atom. The molecule has 0 aliphatic rings. The lowest BCUT2D eigenvalue weighted by atomic mass is 10.00. The number of unbranched alkanes of at least 4 members (excludes halogenated alkanes) is 1. The molecule has 2 heteroatoms. The molecule has 1 unspecified atom stereocenters. The lowest BCUT2D eigenvalue weighted by Gasteiger charge is -2.17. The number of hydrogen-bond acceptors (Lipinski definition) is 2. The van der Waals surface area contributed by atoms with Crippen molar-refractivity contribution in [3.63, 3.8) is 0 Å². The maximum atomic E-state index is 5.56. The van der Waals surface area contributed by atoms with Crippen molar-refractivity contribution in [1.29, 1.82) is 0 Å². The van der Waals surface area contributed by atoms with Crippen molar-refractivity contribution in [3.05, 3.63) is 34.9 Å². The number of rotatable bonds is 9. The first-order valence-electron chi connectivity index (χ1n) is 7.53. The summed E-state index contributed by atoms with van der Waals surface area (Å²) in [4.78, 5) is 0. The zero-order chi connectivity index (χ0) is 14.1. The predicted octanol–water partition coefficient (Wildman–Crippen LogP) is 4.16. The fourth-order valence-corrected chi connectivity index (χ4v) is 2.18. The zero-order valence-electron chi connectivity index (χ0n) is 13.0. The van der Waals surface area contributed by atoms with Crippen LogP contribution in [0.15, 0.2) is 18.2 Å². The van der Waals surface area contributed by atoms with Gasteiger partial charge >= 0.3 is 0 Å². The van der Waals surface area contributed by atoms with Crippen molar-refractivity contribution < 1.29 is 4.74 Å².